The molecule has 0 aliphatic heterocycles. The lowest BCUT2D eigenvalue weighted by molar-refractivity contribution is 0.0913. The largest absolute Gasteiger partial charge is 0.507 e. The number of carbonyl (C=O) groups excluding carboxylic acids is 2. The van der Waals surface area contributed by atoms with Gasteiger partial charge in [-0.2, -0.15) is 0 Å². The Labute approximate surface area is 205 Å². The average molecular weight is 481 g/mol. The molecule has 0 spiro atoms. The van der Waals surface area contributed by atoms with E-state index < -0.39 is 17.7 Å². The van der Waals surface area contributed by atoms with Crippen LogP contribution in [0.4, 0.5) is 0 Å². The van der Waals surface area contributed by atoms with Crippen LogP contribution in [0.1, 0.15) is 69.2 Å². The van der Waals surface area contributed by atoms with Gasteiger partial charge in [0.1, 0.15) is 5.75 Å². The standard InChI is InChI=1S/C28H32O7/c1-34-24-17-23(31)26-21(27(24)32)16-20(12-7-8-14-29)25(28(26)33)22(30)13-6-3-9-15-35-18-19-10-4-2-5-11-19/h2,4-5,7-8,10-11,16-17,22,29-30,33H,3,6,9,12-15,18H2,1H3/b8-7+. The van der Waals surface area contributed by atoms with Crippen molar-refractivity contribution in [3.8, 4) is 5.75 Å². The molecular weight excluding hydrogens is 448 g/mol. The highest BCUT2D eigenvalue weighted by atomic mass is 16.5. The molecule has 0 heterocycles. The zero-order valence-electron chi connectivity index (χ0n) is 19.9. The lowest BCUT2D eigenvalue weighted by Gasteiger charge is -2.23. The topological polar surface area (TPSA) is 113 Å². The van der Waals surface area contributed by atoms with Gasteiger partial charge in [0.15, 0.2) is 11.5 Å². The van der Waals surface area contributed by atoms with Crippen molar-refractivity contribution in [3.63, 3.8) is 0 Å². The third-order valence-electron chi connectivity index (χ3n) is 5.94. The molecule has 1 atom stereocenters. The quantitative estimate of drug-likeness (QED) is 0.291. The normalized spacial score (nSPS) is 14.2. The number of ether oxygens (including phenoxy) is 2. The van der Waals surface area contributed by atoms with Crippen LogP contribution in [-0.2, 0) is 22.5 Å². The molecule has 186 valence electrons. The third kappa shape index (κ3) is 6.66. The fraction of sp³-hybridized carbons (Fsp3) is 0.357. The molecule has 0 fully saturated rings. The van der Waals surface area contributed by atoms with Crippen LogP contribution in [0.15, 0.2) is 60.4 Å². The summed E-state index contributed by atoms with van der Waals surface area (Å²) in [5.74, 6) is -1.52. The van der Waals surface area contributed by atoms with Gasteiger partial charge in [0.25, 0.3) is 0 Å². The molecule has 2 aromatic rings. The number of hydrogen-bond acceptors (Lipinski definition) is 7. The number of hydrogen-bond donors (Lipinski definition) is 3. The van der Waals surface area contributed by atoms with Crippen LogP contribution in [0.2, 0.25) is 0 Å². The molecule has 7 nitrogen and oxygen atoms in total. The lowest BCUT2D eigenvalue weighted by Crippen LogP contribution is -2.20. The van der Waals surface area contributed by atoms with Crippen molar-refractivity contribution in [2.75, 3.05) is 20.3 Å². The fourth-order valence-corrected chi connectivity index (χ4v) is 4.16. The number of allylic oxidation sites excluding steroid dienone is 3. The number of rotatable bonds is 13. The molecule has 7 heteroatoms. The molecule has 1 aliphatic rings. The van der Waals surface area contributed by atoms with Gasteiger partial charge in [0, 0.05) is 23.8 Å². The van der Waals surface area contributed by atoms with Gasteiger partial charge in [-0.25, -0.2) is 0 Å². The summed E-state index contributed by atoms with van der Waals surface area (Å²) in [6, 6.07) is 11.5. The summed E-state index contributed by atoms with van der Waals surface area (Å²) in [5.41, 5.74) is 1.80. The zero-order chi connectivity index (χ0) is 25.2. The van der Waals surface area contributed by atoms with E-state index in [0.717, 1.165) is 24.5 Å². The first-order chi connectivity index (χ1) is 17.0. The van der Waals surface area contributed by atoms with E-state index in [-0.39, 0.29) is 41.2 Å². The molecule has 2 aromatic carbocycles. The molecule has 0 bridgehead atoms. The predicted octanol–water partition coefficient (Wildman–Crippen LogP) is 4.20. The number of aromatic hydroxyl groups is 1. The van der Waals surface area contributed by atoms with Crippen molar-refractivity contribution < 1.29 is 34.4 Å². The van der Waals surface area contributed by atoms with E-state index in [9.17, 15) is 19.8 Å². The Kier molecular flexibility index (Phi) is 9.78. The number of Topliss-reactive ketones (excluding diaryl/α,β-unsaturated/α-hetero) is 1. The number of carbonyl (C=O) groups is 2. The molecule has 3 rings (SSSR count). The number of ketones is 2. The van der Waals surface area contributed by atoms with Crippen molar-refractivity contribution in [1.29, 1.82) is 0 Å². The first-order valence-corrected chi connectivity index (χ1v) is 11.8. The van der Waals surface area contributed by atoms with Gasteiger partial charge in [-0.15, -0.1) is 0 Å². The summed E-state index contributed by atoms with van der Waals surface area (Å²) < 4.78 is 10.7. The van der Waals surface area contributed by atoms with Crippen molar-refractivity contribution in [1.82, 2.24) is 0 Å². The minimum absolute atomic E-state index is 0.0470. The Morgan fingerprint density at radius 2 is 1.83 bits per heavy atom. The van der Waals surface area contributed by atoms with Gasteiger partial charge in [0.05, 0.1) is 32.0 Å². The molecular formula is C28H32O7. The van der Waals surface area contributed by atoms with Crippen molar-refractivity contribution in [2.24, 2.45) is 0 Å². The second-order valence-corrected chi connectivity index (χ2v) is 8.39. The first-order valence-electron chi connectivity index (χ1n) is 11.8. The summed E-state index contributed by atoms with van der Waals surface area (Å²) in [6.45, 7) is 1.01. The number of phenolic OH excluding ortho intramolecular Hbond substituents is 1. The van der Waals surface area contributed by atoms with Crippen LogP contribution in [0, 0.1) is 0 Å². The molecule has 35 heavy (non-hydrogen) atoms. The SMILES string of the molecule is COC1=CC(=O)c2c(cc(C/C=C/CO)c(C(O)CCCCCOCc3ccccc3)c2O)C1=O. The monoisotopic (exact) mass is 480 g/mol. The minimum atomic E-state index is -1.02. The highest BCUT2D eigenvalue weighted by Crippen LogP contribution is 2.39. The molecule has 0 saturated heterocycles. The minimum Gasteiger partial charge on any atom is -0.507 e. The molecule has 0 saturated carbocycles. The van der Waals surface area contributed by atoms with Crippen molar-refractivity contribution in [2.45, 2.75) is 44.8 Å². The molecule has 3 N–H and O–H groups in total. The molecule has 1 aliphatic carbocycles. The van der Waals surface area contributed by atoms with Crippen LogP contribution < -0.4 is 0 Å². The Morgan fingerprint density at radius 1 is 1.06 bits per heavy atom. The van der Waals surface area contributed by atoms with Crippen molar-refractivity contribution in [3.05, 3.63) is 88.2 Å². The predicted molar refractivity (Wildman–Crippen MR) is 131 cm³/mol. The number of aliphatic hydroxyl groups excluding tert-OH is 2. The summed E-state index contributed by atoms with van der Waals surface area (Å²) in [4.78, 5) is 25.3. The Bertz CT molecular complexity index is 1090. The lowest BCUT2D eigenvalue weighted by atomic mass is 9.84. The van der Waals surface area contributed by atoms with Gasteiger partial charge < -0.3 is 24.8 Å². The van der Waals surface area contributed by atoms with Crippen LogP contribution >= 0.6 is 0 Å². The highest BCUT2D eigenvalue weighted by Gasteiger charge is 2.33. The highest BCUT2D eigenvalue weighted by molar-refractivity contribution is 6.25. The summed E-state index contributed by atoms with van der Waals surface area (Å²) in [7, 11) is 1.30. The van der Waals surface area contributed by atoms with Crippen molar-refractivity contribution >= 4 is 11.6 Å². The molecule has 0 amide bonds. The van der Waals surface area contributed by atoms with E-state index in [4.69, 9.17) is 14.6 Å². The average Bonchev–Trinajstić information content (AvgIpc) is 2.86. The van der Waals surface area contributed by atoms with Gasteiger partial charge >= 0.3 is 0 Å². The smallest absolute Gasteiger partial charge is 0.228 e. The number of unbranched alkanes of at least 4 members (excludes halogenated alkanes) is 2. The van der Waals surface area contributed by atoms with Gasteiger partial charge in [-0.1, -0.05) is 55.3 Å². The number of benzene rings is 2. The van der Waals surface area contributed by atoms with Crippen LogP contribution in [-0.4, -0.2) is 47.2 Å². The van der Waals surface area contributed by atoms with Gasteiger partial charge in [-0.3, -0.25) is 9.59 Å². The van der Waals surface area contributed by atoms with Crippen LogP contribution in [0.25, 0.3) is 0 Å². The fourth-order valence-electron chi connectivity index (χ4n) is 4.16. The first kappa shape index (κ1) is 26.3. The third-order valence-corrected chi connectivity index (χ3v) is 5.94. The maximum absolute atomic E-state index is 12.7. The van der Waals surface area contributed by atoms with E-state index in [1.165, 1.54) is 19.3 Å². The molecule has 0 radical (unpaired) electrons. The summed E-state index contributed by atoms with van der Waals surface area (Å²) in [6.07, 6.45) is 6.27. The van der Waals surface area contributed by atoms with Gasteiger partial charge in [0.2, 0.25) is 5.78 Å². The Hall–Kier alpha value is -3.26. The Morgan fingerprint density at radius 3 is 2.54 bits per heavy atom. The van der Waals surface area contributed by atoms with E-state index in [1.807, 2.05) is 30.3 Å². The number of methoxy groups -OCH3 is 1. The number of aliphatic hydroxyl groups is 2. The Balaban J connectivity index is 1.67. The maximum atomic E-state index is 12.7. The van der Waals surface area contributed by atoms with E-state index in [0.29, 0.717) is 31.6 Å². The van der Waals surface area contributed by atoms with E-state index in [2.05, 4.69) is 0 Å². The number of phenols is 1. The number of fused-ring (bicyclic) bond motifs is 1. The zero-order valence-corrected chi connectivity index (χ0v) is 19.9. The maximum Gasteiger partial charge on any atom is 0.228 e. The molecule has 1 unspecified atom stereocenters. The second-order valence-electron chi connectivity index (χ2n) is 8.39. The van der Waals surface area contributed by atoms with Gasteiger partial charge in [-0.05, 0) is 36.5 Å². The summed E-state index contributed by atoms with van der Waals surface area (Å²) in [5, 5.41) is 31.0. The van der Waals surface area contributed by atoms with E-state index >= 15 is 0 Å². The summed E-state index contributed by atoms with van der Waals surface area (Å²) >= 11 is 0. The van der Waals surface area contributed by atoms with E-state index in [1.54, 1.807) is 6.08 Å². The van der Waals surface area contributed by atoms with Crippen LogP contribution in [0.3, 0.4) is 0 Å². The van der Waals surface area contributed by atoms with Crippen LogP contribution in [0.5, 0.6) is 5.75 Å². The molecule has 0 aromatic heterocycles. The second kappa shape index (κ2) is 13.0.